The van der Waals surface area contributed by atoms with Crippen LogP contribution in [0.4, 0.5) is 8.78 Å². The van der Waals surface area contributed by atoms with Crippen LogP contribution in [0.3, 0.4) is 0 Å². The second-order valence-electron chi connectivity index (χ2n) is 18.4. The Balaban J connectivity index is 0.000000234. The molecule has 0 aliphatic heterocycles. The molecule has 0 heterocycles. The molecule has 0 spiro atoms. The largest absolute Gasteiger partial charge is 0.478 e. The number of carboxylic acid groups (broad SMARTS) is 1. The van der Waals surface area contributed by atoms with E-state index in [4.69, 9.17) is 5.73 Å². The van der Waals surface area contributed by atoms with E-state index < -0.39 is 29.4 Å². The number of hydrogen-bond donors (Lipinski definition) is 6. The van der Waals surface area contributed by atoms with E-state index in [2.05, 4.69) is 21.3 Å². The van der Waals surface area contributed by atoms with Gasteiger partial charge in [-0.3, -0.25) is 24.0 Å². The fourth-order valence-electron chi connectivity index (χ4n) is 6.29. The van der Waals surface area contributed by atoms with Gasteiger partial charge in [0.15, 0.2) is 0 Å². The Morgan fingerprint density at radius 3 is 1.27 bits per heavy atom. The van der Waals surface area contributed by atoms with Gasteiger partial charge in [0, 0.05) is 53.0 Å². The molecule has 2 aliphatic rings. The highest BCUT2D eigenvalue weighted by Crippen LogP contribution is 2.33. The molecule has 0 radical (unpaired) electrons. The van der Waals surface area contributed by atoms with Crippen LogP contribution < -0.4 is 27.0 Å². The fraction of sp³-hybridized carbons (Fsp3) is 0.375. The lowest BCUT2D eigenvalue weighted by Gasteiger charge is -2.19. The lowest BCUT2D eigenvalue weighted by Crippen LogP contribution is -2.32. The third-order valence-corrected chi connectivity index (χ3v) is 10.2. The lowest BCUT2D eigenvalue weighted by atomic mass is 9.92. The first-order valence-corrected chi connectivity index (χ1v) is 20.5. The number of hydrogen-bond acceptors (Lipinski definition) is 6. The van der Waals surface area contributed by atoms with Crippen LogP contribution in [0, 0.1) is 36.3 Å². The molecule has 6 rings (SSSR count). The molecule has 328 valence electrons. The number of carboxylic acids is 1. The smallest absolute Gasteiger partial charge is 0.336 e. The first-order chi connectivity index (χ1) is 28.9. The molecule has 4 aromatic carbocycles. The number of benzene rings is 4. The number of nitrogens with two attached hydrogens (primary N) is 1. The molecule has 2 aliphatic carbocycles. The third-order valence-electron chi connectivity index (χ3n) is 10.2. The van der Waals surface area contributed by atoms with Crippen molar-refractivity contribution in [2.45, 2.75) is 93.2 Å². The van der Waals surface area contributed by atoms with Gasteiger partial charge in [-0.1, -0.05) is 53.7 Å². The first-order valence-electron chi connectivity index (χ1n) is 20.5. The van der Waals surface area contributed by atoms with Crippen molar-refractivity contribution in [2.24, 2.45) is 16.6 Å². The number of carbonyl (C=O) groups is 6. The summed E-state index contributed by atoms with van der Waals surface area (Å²) < 4.78 is 29.2. The maximum atomic E-state index is 14.6. The quantitative estimate of drug-likeness (QED) is 0.0838. The SMILES string of the molecule is Cc1c(F)cc(C(=O)NC2CC2)cc1-c1ccc(C(=O)NCC(C)(C)C)cc1C(=O)O.Cc1c(F)cc(C(=O)NC2CC2)cc1-c1ccc(C(=O)NCC(C)(C)C)cc1C(N)=O. The van der Waals surface area contributed by atoms with Crippen LogP contribution in [0.25, 0.3) is 22.3 Å². The molecular weight excluding hydrogens is 797 g/mol. The van der Waals surface area contributed by atoms with Crippen LogP contribution in [0.15, 0.2) is 60.7 Å². The van der Waals surface area contributed by atoms with Crippen molar-refractivity contribution in [1.82, 2.24) is 21.3 Å². The van der Waals surface area contributed by atoms with E-state index >= 15 is 0 Å². The molecular formula is C48H55F2N5O7. The summed E-state index contributed by atoms with van der Waals surface area (Å²) in [6, 6.07) is 14.5. The van der Waals surface area contributed by atoms with Crippen molar-refractivity contribution in [2.75, 3.05) is 13.1 Å². The van der Waals surface area contributed by atoms with Crippen LogP contribution in [-0.2, 0) is 0 Å². The second-order valence-corrected chi connectivity index (χ2v) is 18.4. The summed E-state index contributed by atoms with van der Waals surface area (Å²) in [4.78, 5) is 74.0. The maximum Gasteiger partial charge on any atom is 0.336 e. The Morgan fingerprint density at radius 2 is 0.935 bits per heavy atom. The highest BCUT2D eigenvalue weighted by molar-refractivity contribution is 6.05. The van der Waals surface area contributed by atoms with E-state index in [-0.39, 0.29) is 90.7 Å². The molecule has 0 unspecified atom stereocenters. The summed E-state index contributed by atoms with van der Waals surface area (Å²) in [7, 11) is 0. The number of primary amides is 1. The van der Waals surface area contributed by atoms with E-state index in [1.165, 1.54) is 43.3 Å². The minimum Gasteiger partial charge on any atom is -0.478 e. The lowest BCUT2D eigenvalue weighted by molar-refractivity contribution is 0.0696. The van der Waals surface area contributed by atoms with Gasteiger partial charge >= 0.3 is 5.97 Å². The Morgan fingerprint density at radius 1 is 0.565 bits per heavy atom. The molecule has 5 amide bonds. The van der Waals surface area contributed by atoms with Crippen LogP contribution >= 0.6 is 0 Å². The average Bonchev–Trinajstić information content (AvgIpc) is 4.15. The van der Waals surface area contributed by atoms with Gasteiger partial charge in [0.25, 0.3) is 23.6 Å². The third kappa shape index (κ3) is 12.3. The monoisotopic (exact) mass is 851 g/mol. The minimum absolute atomic E-state index is 0.0886. The van der Waals surface area contributed by atoms with E-state index in [0.29, 0.717) is 29.8 Å². The van der Waals surface area contributed by atoms with Crippen LogP contribution in [0.5, 0.6) is 0 Å². The topological polar surface area (TPSA) is 197 Å². The molecule has 2 saturated carbocycles. The minimum atomic E-state index is -1.24. The number of rotatable bonds is 12. The van der Waals surface area contributed by atoms with Gasteiger partial charge in [0.1, 0.15) is 11.6 Å². The van der Waals surface area contributed by atoms with Crippen molar-refractivity contribution < 1.29 is 42.7 Å². The molecule has 0 saturated heterocycles. The zero-order valence-electron chi connectivity index (χ0n) is 36.4. The second kappa shape index (κ2) is 18.7. The molecule has 0 atom stereocenters. The number of aromatic carboxylic acids is 1. The molecule has 4 aromatic rings. The highest BCUT2D eigenvalue weighted by Gasteiger charge is 2.27. The molecule has 62 heavy (non-hydrogen) atoms. The van der Waals surface area contributed by atoms with Crippen molar-refractivity contribution in [3.8, 4) is 22.3 Å². The number of amides is 5. The first kappa shape index (κ1) is 46.6. The molecule has 12 nitrogen and oxygen atoms in total. The van der Waals surface area contributed by atoms with Crippen LogP contribution in [0.1, 0.15) is 141 Å². The van der Waals surface area contributed by atoms with Gasteiger partial charge in [-0.05, 0) is 132 Å². The molecule has 0 aromatic heterocycles. The molecule has 7 N–H and O–H groups in total. The zero-order valence-corrected chi connectivity index (χ0v) is 36.4. The van der Waals surface area contributed by atoms with Crippen molar-refractivity contribution in [1.29, 1.82) is 0 Å². The van der Waals surface area contributed by atoms with Crippen molar-refractivity contribution >= 4 is 35.5 Å². The van der Waals surface area contributed by atoms with Crippen LogP contribution in [0.2, 0.25) is 0 Å². The summed E-state index contributed by atoms with van der Waals surface area (Å²) in [6.45, 7) is 15.9. The van der Waals surface area contributed by atoms with Gasteiger partial charge in [0.2, 0.25) is 5.91 Å². The number of nitrogens with one attached hydrogen (secondary N) is 4. The Bertz CT molecular complexity index is 2270. The van der Waals surface area contributed by atoms with E-state index in [0.717, 1.165) is 31.7 Å². The van der Waals surface area contributed by atoms with Gasteiger partial charge < -0.3 is 32.1 Å². The number of halogens is 2. The van der Waals surface area contributed by atoms with Crippen molar-refractivity contribution in [3.63, 3.8) is 0 Å². The van der Waals surface area contributed by atoms with E-state index in [9.17, 15) is 42.7 Å². The van der Waals surface area contributed by atoms with Crippen LogP contribution in [-0.4, -0.2) is 65.8 Å². The fourth-order valence-corrected chi connectivity index (χ4v) is 6.29. The summed E-state index contributed by atoms with van der Waals surface area (Å²) in [6.07, 6.45) is 3.62. The summed E-state index contributed by atoms with van der Waals surface area (Å²) in [5, 5.41) is 21.0. The predicted octanol–water partition coefficient (Wildman–Crippen LogP) is 7.74. The molecule has 2 fully saturated rings. The van der Waals surface area contributed by atoms with E-state index in [1.807, 2.05) is 41.5 Å². The predicted molar refractivity (Wildman–Crippen MR) is 233 cm³/mol. The summed E-state index contributed by atoms with van der Waals surface area (Å²) in [5.41, 5.74) is 7.93. The molecule has 14 heteroatoms. The van der Waals surface area contributed by atoms with Gasteiger partial charge in [-0.25, -0.2) is 13.6 Å². The standard InChI is InChI=1S/C24H28FN3O3.C24H27FN2O4/c1-13-18(10-15(11-20(13)25)23(31)28-16-6-7-16)17-8-5-14(9-19(17)21(26)29)22(30)27-12-24(2,3)4;1-13-18(10-15(11-20(13)25)22(29)27-16-6-7-16)17-8-5-14(9-19(17)23(30)31)21(28)26-12-24(2,3)4/h5,8-11,16H,6-7,12H2,1-4H3,(H2,26,29)(H,27,30)(H,28,31);5,8-11,16H,6-7,12H2,1-4H3,(H,26,28)(H,27,29)(H,30,31). The molecule has 0 bridgehead atoms. The average molecular weight is 852 g/mol. The van der Waals surface area contributed by atoms with Gasteiger partial charge in [-0.15, -0.1) is 0 Å². The number of carbonyl (C=O) groups excluding carboxylic acids is 5. The Hall–Kier alpha value is -6.44. The highest BCUT2D eigenvalue weighted by atomic mass is 19.1. The Labute approximate surface area is 360 Å². The normalized spacial score (nSPS) is 13.6. The Kier molecular flexibility index (Phi) is 14.0. The van der Waals surface area contributed by atoms with Crippen molar-refractivity contribution in [3.05, 3.63) is 117 Å². The summed E-state index contributed by atoms with van der Waals surface area (Å²) >= 11 is 0. The van der Waals surface area contributed by atoms with Gasteiger partial charge in [0.05, 0.1) is 5.56 Å². The summed E-state index contributed by atoms with van der Waals surface area (Å²) in [5.74, 6) is -4.60. The van der Waals surface area contributed by atoms with E-state index in [1.54, 1.807) is 25.1 Å². The van der Waals surface area contributed by atoms with Gasteiger partial charge in [-0.2, -0.15) is 0 Å². The zero-order chi connectivity index (χ0) is 45.8. The maximum absolute atomic E-state index is 14.6.